The molecule has 6 nitrogen and oxygen atoms in total. The Bertz CT molecular complexity index is 967. The van der Waals surface area contributed by atoms with Gasteiger partial charge in [0.05, 0.1) is 5.75 Å². The molecule has 33 heavy (non-hydrogen) atoms. The first-order chi connectivity index (χ1) is 16.0. The Morgan fingerprint density at radius 2 is 1.88 bits per heavy atom. The van der Waals surface area contributed by atoms with Gasteiger partial charge in [0.25, 0.3) is 0 Å². The number of rotatable bonds is 13. The van der Waals surface area contributed by atoms with Crippen LogP contribution in [0.25, 0.3) is 0 Å². The lowest BCUT2D eigenvalue weighted by atomic mass is 10.1. The predicted octanol–water partition coefficient (Wildman–Crippen LogP) is 4.54. The van der Waals surface area contributed by atoms with E-state index in [2.05, 4.69) is 48.1 Å². The van der Waals surface area contributed by atoms with Crippen molar-refractivity contribution in [2.75, 3.05) is 30.7 Å². The number of amides is 1. The van der Waals surface area contributed by atoms with Crippen LogP contribution in [-0.4, -0.2) is 45.7 Å². The fraction of sp³-hybridized carbons (Fsp3) is 0.577. The average Bonchev–Trinajstić information content (AvgIpc) is 3.31. The molecule has 0 unspecified atom stereocenters. The Kier molecular flexibility index (Phi) is 10.0. The minimum Gasteiger partial charge on any atom is -0.325 e. The van der Waals surface area contributed by atoms with Crippen molar-refractivity contribution in [3.8, 4) is 0 Å². The van der Waals surface area contributed by atoms with Crippen molar-refractivity contribution in [2.24, 2.45) is 0 Å². The number of hydrogen-bond acceptors (Lipinski definition) is 5. The summed E-state index contributed by atoms with van der Waals surface area (Å²) in [5, 5.41) is 3.70. The van der Waals surface area contributed by atoms with Crippen LogP contribution in [0.5, 0.6) is 0 Å². The first-order valence-electron chi connectivity index (χ1n) is 12.4. The molecule has 0 fully saturated rings. The second-order valence-electron chi connectivity index (χ2n) is 8.65. The van der Waals surface area contributed by atoms with Crippen molar-refractivity contribution in [2.45, 2.75) is 77.3 Å². The topological polar surface area (TPSA) is 67.2 Å². The molecule has 1 aromatic carbocycles. The van der Waals surface area contributed by atoms with Crippen molar-refractivity contribution in [1.82, 2.24) is 14.5 Å². The Balaban J connectivity index is 1.59. The molecule has 3 rings (SSSR count). The number of fused-ring (bicyclic) bond motifs is 1. The number of benzene rings is 1. The Labute approximate surface area is 202 Å². The molecule has 1 amide bonds. The van der Waals surface area contributed by atoms with Gasteiger partial charge in [-0.3, -0.25) is 9.36 Å². The normalized spacial score (nSPS) is 12.8. The molecule has 1 heterocycles. The SMILES string of the molecule is CCCCc1ccc(NC(=O)CSc2nc(=O)n(CCCN(CC)CC)c3c2CCC3)cc1. The number of carbonyl (C=O) groups excluding carboxylic acids is 1. The van der Waals surface area contributed by atoms with E-state index in [0.29, 0.717) is 6.54 Å². The highest BCUT2D eigenvalue weighted by Gasteiger charge is 2.22. The summed E-state index contributed by atoms with van der Waals surface area (Å²) in [5.74, 6) is 0.181. The van der Waals surface area contributed by atoms with E-state index in [9.17, 15) is 9.59 Å². The molecule has 0 aliphatic heterocycles. The lowest BCUT2D eigenvalue weighted by Crippen LogP contribution is -2.30. The van der Waals surface area contributed by atoms with Gasteiger partial charge in [-0.15, -0.1) is 0 Å². The average molecular weight is 471 g/mol. The van der Waals surface area contributed by atoms with Gasteiger partial charge in [0.15, 0.2) is 0 Å². The molecule has 7 heteroatoms. The van der Waals surface area contributed by atoms with Gasteiger partial charge in [-0.05, 0) is 75.9 Å². The van der Waals surface area contributed by atoms with Crippen LogP contribution in [0.2, 0.25) is 0 Å². The van der Waals surface area contributed by atoms with Crippen molar-refractivity contribution >= 4 is 23.4 Å². The standard InChI is InChI=1S/C26H38N4O2S/c1-4-7-10-20-13-15-21(16-14-20)27-24(31)19-33-25-22-11-8-12-23(22)30(26(32)28-25)18-9-17-29(5-2)6-3/h13-16H,4-12,17-19H2,1-3H3,(H,27,31). The summed E-state index contributed by atoms with van der Waals surface area (Å²) in [6, 6.07) is 8.07. The van der Waals surface area contributed by atoms with Gasteiger partial charge in [0.1, 0.15) is 5.03 Å². The maximum Gasteiger partial charge on any atom is 0.348 e. The van der Waals surface area contributed by atoms with E-state index in [0.717, 1.165) is 73.7 Å². The largest absolute Gasteiger partial charge is 0.348 e. The number of nitrogens with zero attached hydrogens (tertiary/aromatic N) is 3. The molecule has 2 aromatic rings. The highest BCUT2D eigenvalue weighted by atomic mass is 32.2. The lowest BCUT2D eigenvalue weighted by molar-refractivity contribution is -0.113. The van der Waals surface area contributed by atoms with E-state index in [1.165, 1.54) is 30.2 Å². The molecule has 0 radical (unpaired) electrons. The number of hydrogen-bond donors (Lipinski definition) is 1. The highest BCUT2D eigenvalue weighted by Crippen LogP contribution is 2.29. The summed E-state index contributed by atoms with van der Waals surface area (Å²) < 4.78 is 1.87. The summed E-state index contributed by atoms with van der Waals surface area (Å²) >= 11 is 1.38. The van der Waals surface area contributed by atoms with Crippen LogP contribution >= 0.6 is 11.8 Å². The molecular formula is C26H38N4O2S. The maximum atomic E-state index is 12.8. The van der Waals surface area contributed by atoms with Gasteiger partial charge < -0.3 is 10.2 Å². The third-order valence-electron chi connectivity index (χ3n) is 6.35. The van der Waals surface area contributed by atoms with Gasteiger partial charge in [-0.2, -0.15) is 4.98 Å². The zero-order valence-electron chi connectivity index (χ0n) is 20.4. The first kappa shape index (κ1) is 25.5. The highest BCUT2D eigenvalue weighted by molar-refractivity contribution is 8.00. The second-order valence-corrected chi connectivity index (χ2v) is 9.61. The van der Waals surface area contributed by atoms with Crippen LogP contribution in [0.1, 0.15) is 63.3 Å². The zero-order chi connectivity index (χ0) is 23.6. The quantitative estimate of drug-likeness (QED) is 0.344. The van der Waals surface area contributed by atoms with Crippen molar-refractivity contribution in [1.29, 1.82) is 0 Å². The molecule has 1 aromatic heterocycles. The number of aryl methyl sites for hydroxylation is 1. The van der Waals surface area contributed by atoms with Crippen molar-refractivity contribution < 1.29 is 4.79 Å². The Morgan fingerprint density at radius 1 is 1.12 bits per heavy atom. The molecule has 0 saturated heterocycles. The zero-order valence-corrected chi connectivity index (χ0v) is 21.2. The third-order valence-corrected chi connectivity index (χ3v) is 7.37. The summed E-state index contributed by atoms with van der Waals surface area (Å²) in [5.41, 5.74) is 4.21. The summed E-state index contributed by atoms with van der Waals surface area (Å²) in [6.07, 6.45) is 7.26. The minimum absolute atomic E-state index is 0.0711. The molecule has 0 spiro atoms. The maximum absolute atomic E-state index is 12.8. The molecule has 0 atom stereocenters. The molecule has 1 aliphatic rings. The van der Waals surface area contributed by atoms with Crippen molar-refractivity contribution in [3.05, 3.63) is 51.6 Å². The van der Waals surface area contributed by atoms with E-state index in [1.54, 1.807) is 0 Å². The minimum atomic E-state index is -0.180. The molecule has 1 aliphatic carbocycles. The van der Waals surface area contributed by atoms with E-state index in [1.807, 2.05) is 16.7 Å². The number of unbranched alkanes of at least 4 members (excludes halogenated alkanes) is 1. The first-order valence-corrected chi connectivity index (χ1v) is 13.4. The fourth-order valence-corrected chi connectivity index (χ4v) is 5.27. The second kappa shape index (κ2) is 12.9. The van der Waals surface area contributed by atoms with Gasteiger partial charge in [0.2, 0.25) is 5.91 Å². The van der Waals surface area contributed by atoms with Gasteiger partial charge in [-0.25, -0.2) is 4.79 Å². The van der Waals surface area contributed by atoms with Crippen LogP contribution in [0.15, 0.2) is 34.1 Å². The van der Waals surface area contributed by atoms with Gasteiger partial charge in [-0.1, -0.05) is 51.1 Å². The van der Waals surface area contributed by atoms with Gasteiger partial charge >= 0.3 is 5.69 Å². The van der Waals surface area contributed by atoms with E-state index < -0.39 is 0 Å². The summed E-state index contributed by atoms with van der Waals surface area (Å²) in [6.45, 7) is 10.3. The third kappa shape index (κ3) is 7.18. The van der Waals surface area contributed by atoms with Crippen LogP contribution in [0.4, 0.5) is 5.69 Å². The number of aromatic nitrogens is 2. The monoisotopic (exact) mass is 470 g/mol. The number of nitrogens with one attached hydrogen (secondary N) is 1. The lowest BCUT2D eigenvalue weighted by Gasteiger charge is -2.19. The van der Waals surface area contributed by atoms with E-state index >= 15 is 0 Å². The smallest absolute Gasteiger partial charge is 0.325 e. The molecule has 1 N–H and O–H groups in total. The fourth-order valence-electron chi connectivity index (χ4n) is 4.40. The van der Waals surface area contributed by atoms with Crippen LogP contribution in [-0.2, 0) is 30.6 Å². The van der Waals surface area contributed by atoms with Crippen LogP contribution in [0, 0.1) is 0 Å². The Morgan fingerprint density at radius 3 is 2.58 bits per heavy atom. The van der Waals surface area contributed by atoms with E-state index in [4.69, 9.17) is 0 Å². The molecule has 0 bridgehead atoms. The van der Waals surface area contributed by atoms with Crippen LogP contribution in [0.3, 0.4) is 0 Å². The van der Waals surface area contributed by atoms with Crippen LogP contribution < -0.4 is 11.0 Å². The summed E-state index contributed by atoms with van der Waals surface area (Å²) in [4.78, 5) is 32.0. The summed E-state index contributed by atoms with van der Waals surface area (Å²) in [7, 11) is 0. The molecular weight excluding hydrogens is 432 g/mol. The number of thioether (sulfide) groups is 1. The number of carbonyl (C=O) groups is 1. The predicted molar refractivity (Wildman–Crippen MR) is 137 cm³/mol. The van der Waals surface area contributed by atoms with Gasteiger partial charge in [0, 0.05) is 23.5 Å². The Hall–Kier alpha value is -2.12. The molecule has 180 valence electrons. The van der Waals surface area contributed by atoms with Crippen molar-refractivity contribution in [3.63, 3.8) is 0 Å². The molecule has 0 saturated carbocycles. The number of anilines is 1. The van der Waals surface area contributed by atoms with E-state index in [-0.39, 0.29) is 17.3 Å².